The van der Waals surface area contributed by atoms with Crippen molar-refractivity contribution in [2.75, 3.05) is 6.54 Å². The lowest BCUT2D eigenvalue weighted by Gasteiger charge is -2.10. The molecule has 0 spiro atoms. The van der Waals surface area contributed by atoms with E-state index in [4.69, 9.17) is 4.99 Å². The molecule has 2 N–H and O–H groups in total. The smallest absolute Gasteiger partial charge is 0.191 e. The minimum Gasteiger partial charge on any atom is -0.357 e. The third kappa shape index (κ3) is 5.38. The number of para-hydroxylation sites is 1. The number of hydrogen-bond donors (Lipinski definition) is 2. The number of aliphatic imine (C=N–C) groups is 1. The molecule has 138 valence electrons. The van der Waals surface area contributed by atoms with E-state index in [2.05, 4.69) is 58.7 Å². The lowest BCUT2D eigenvalue weighted by Crippen LogP contribution is -2.36. The van der Waals surface area contributed by atoms with Gasteiger partial charge in [0, 0.05) is 29.2 Å². The third-order valence-corrected chi connectivity index (χ3v) is 4.97. The molecule has 3 aromatic rings. The SMILES string of the molecule is CCNC(=NCc1cccc2cccnc12)NCc1ncc(CC)s1.I. The lowest BCUT2D eigenvalue weighted by molar-refractivity contribution is 0.812. The van der Waals surface area contributed by atoms with E-state index in [0.29, 0.717) is 13.1 Å². The molecule has 1 aromatic carbocycles. The van der Waals surface area contributed by atoms with Gasteiger partial charge in [-0.25, -0.2) is 9.98 Å². The number of hydrogen-bond acceptors (Lipinski definition) is 4. The predicted octanol–water partition coefficient (Wildman–Crippen LogP) is 4.13. The Morgan fingerprint density at radius 1 is 1.12 bits per heavy atom. The maximum Gasteiger partial charge on any atom is 0.191 e. The average Bonchev–Trinajstić information content (AvgIpc) is 3.12. The number of nitrogens with zero attached hydrogens (tertiary/aromatic N) is 3. The van der Waals surface area contributed by atoms with Gasteiger partial charge in [0.1, 0.15) is 5.01 Å². The predicted molar refractivity (Wildman–Crippen MR) is 120 cm³/mol. The zero-order chi connectivity index (χ0) is 17.5. The highest BCUT2D eigenvalue weighted by molar-refractivity contribution is 14.0. The van der Waals surface area contributed by atoms with E-state index in [1.165, 1.54) is 4.88 Å². The minimum atomic E-state index is 0. The molecule has 0 bridgehead atoms. The molecule has 26 heavy (non-hydrogen) atoms. The Balaban J connectivity index is 0.00000243. The normalized spacial score (nSPS) is 11.2. The van der Waals surface area contributed by atoms with Crippen LogP contribution in [0.5, 0.6) is 0 Å². The van der Waals surface area contributed by atoms with Crippen molar-refractivity contribution in [1.82, 2.24) is 20.6 Å². The molecule has 0 unspecified atom stereocenters. The van der Waals surface area contributed by atoms with Gasteiger partial charge in [0.05, 0.1) is 18.6 Å². The summed E-state index contributed by atoms with van der Waals surface area (Å²) in [5.74, 6) is 0.795. The van der Waals surface area contributed by atoms with E-state index < -0.39 is 0 Å². The molecule has 0 aliphatic rings. The van der Waals surface area contributed by atoms with Crippen molar-refractivity contribution in [1.29, 1.82) is 0 Å². The topological polar surface area (TPSA) is 62.2 Å². The number of nitrogens with one attached hydrogen (secondary N) is 2. The van der Waals surface area contributed by atoms with Crippen LogP contribution in [0.25, 0.3) is 10.9 Å². The summed E-state index contributed by atoms with van der Waals surface area (Å²) in [6.45, 7) is 6.30. The van der Waals surface area contributed by atoms with E-state index in [0.717, 1.165) is 40.4 Å². The van der Waals surface area contributed by atoms with Crippen LogP contribution in [0.3, 0.4) is 0 Å². The van der Waals surface area contributed by atoms with Crippen LogP contribution in [0.1, 0.15) is 29.3 Å². The van der Waals surface area contributed by atoms with Gasteiger partial charge in [-0.1, -0.05) is 31.2 Å². The number of pyridine rings is 1. The summed E-state index contributed by atoms with van der Waals surface area (Å²) in [6.07, 6.45) is 4.81. The number of halogens is 1. The summed E-state index contributed by atoms with van der Waals surface area (Å²) in [7, 11) is 0. The number of guanidine groups is 1. The van der Waals surface area contributed by atoms with Crippen LogP contribution in [0, 0.1) is 0 Å². The molecule has 0 radical (unpaired) electrons. The van der Waals surface area contributed by atoms with Crippen LogP contribution in [-0.4, -0.2) is 22.5 Å². The monoisotopic (exact) mass is 481 g/mol. The van der Waals surface area contributed by atoms with E-state index in [9.17, 15) is 0 Å². The number of aromatic nitrogens is 2. The number of benzene rings is 1. The van der Waals surface area contributed by atoms with Gasteiger partial charge in [0.2, 0.25) is 0 Å². The van der Waals surface area contributed by atoms with Crippen molar-refractivity contribution in [2.45, 2.75) is 33.4 Å². The number of thiazole rings is 1. The first-order valence-electron chi connectivity index (χ1n) is 8.58. The Kier molecular flexibility index (Phi) is 8.24. The molecule has 7 heteroatoms. The van der Waals surface area contributed by atoms with E-state index in [1.54, 1.807) is 11.3 Å². The van der Waals surface area contributed by atoms with Crippen molar-refractivity contribution in [3.63, 3.8) is 0 Å². The minimum absolute atomic E-state index is 0. The highest BCUT2D eigenvalue weighted by Gasteiger charge is 2.04. The Morgan fingerprint density at radius 2 is 1.96 bits per heavy atom. The fourth-order valence-corrected chi connectivity index (χ4v) is 3.36. The summed E-state index contributed by atoms with van der Waals surface area (Å²) in [5, 5.41) is 8.87. The molecule has 0 amide bonds. The Morgan fingerprint density at radius 3 is 2.73 bits per heavy atom. The average molecular weight is 481 g/mol. The van der Waals surface area contributed by atoms with Crippen LogP contribution in [0.4, 0.5) is 0 Å². The highest BCUT2D eigenvalue weighted by atomic mass is 127. The maximum atomic E-state index is 4.71. The number of rotatable bonds is 6. The zero-order valence-electron chi connectivity index (χ0n) is 15.0. The molecule has 0 fully saturated rings. The summed E-state index contributed by atoms with van der Waals surface area (Å²) in [6, 6.07) is 10.2. The first-order valence-corrected chi connectivity index (χ1v) is 9.40. The molecular formula is C19H24IN5S. The zero-order valence-corrected chi connectivity index (χ0v) is 18.2. The van der Waals surface area contributed by atoms with Gasteiger partial charge in [-0.2, -0.15) is 0 Å². The van der Waals surface area contributed by atoms with Gasteiger partial charge in [0.15, 0.2) is 5.96 Å². The molecule has 0 atom stereocenters. The summed E-state index contributed by atoms with van der Waals surface area (Å²) >= 11 is 1.74. The Hall–Kier alpha value is -1.74. The van der Waals surface area contributed by atoms with E-state index >= 15 is 0 Å². The van der Waals surface area contributed by atoms with Gasteiger partial charge in [-0.15, -0.1) is 35.3 Å². The fourth-order valence-electron chi connectivity index (χ4n) is 2.55. The van der Waals surface area contributed by atoms with Crippen molar-refractivity contribution >= 4 is 52.2 Å². The van der Waals surface area contributed by atoms with Crippen molar-refractivity contribution in [2.24, 2.45) is 4.99 Å². The first-order chi connectivity index (χ1) is 12.3. The van der Waals surface area contributed by atoms with Crippen molar-refractivity contribution < 1.29 is 0 Å². The fraction of sp³-hybridized carbons (Fsp3) is 0.316. The number of aryl methyl sites for hydroxylation is 1. The quantitative estimate of drug-likeness (QED) is 0.316. The second-order valence-electron chi connectivity index (χ2n) is 5.61. The highest BCUT2D eigenvalue weighted by Crippen LogP contribution is 2.16. The van der Waals surface area contributed by atoms with Gasteiger partial charge in [-0.05, 0) is 25.0 Å². The van der Waals surface area contributed by atoms with E-state index in [-0.39, 0.29) is 24.0 Å². The third-order valence-electron chi connectivity index (χ3n) is 3.82. The lowest BCUT2D eigenvalue weighted by atomic mass is 10.1. The molecule has 2 aromatic heterocycles. The second-order valence-corrected chi connectivity index (χ2v) is 6.81. The number of fused-ring (bicyclic) bond motifs is 1. The molecular weight excluding hydrogens is 457 g/mol. The largest absolute Gasteiger partial charge is 0.357 e. The van der Waals surface area contributed by atoms with Gasteiger partial charge < -0.3 is 10.6 Å². The standard InChI is InChI=1S/C19H23N5S.HI/c1-3-16-12-22-17(25-16)13-24-19(20-4-2)23-11-15-8-5-7-14-9-6-10-21-18(14)15;/h5-10,12H,3-4,11,13H2,1-2H3,(H2,20,23,24);1H. The van der Waals surface area contributed by atoms with Gasteiger partial charge in [0.25, 0.3) is 0 Å². The van der Waals surface area contributed by atoms with Crippen LogP contribution < -0.4 is 10.6 Å². The Labute approximate surface area is 175 Å². The molecule has 0 aliphatic carbocycles. The van der Waals surface area contributed by atoms with Gasteiger partial charge >= 0.3 is 0 Å². The Bertz CT molecular complexity index is 857. The molecule has 0 saturated heterocycles. The molecule has 3 rings (SSSR count). The van der Waals surface area contributed by atoms with Crippen molar-refractivity contribution in [3.05, 3.63) is 58.2 Å². The summed E-state index contributed by atoms with van der Waals surface area (Å²) < 4.78 is 0. The first kappa shape index (κ1) is 20.6. The second kappa shape index (κ2) is 10.4. The molecule has 2 heterocycles. The molecule has 5 nitrogen and oxygen atoms in total. The van der Waals surface area contributed by atoms with E-state index in [1.807, 2.05) is 18.5 Å². The van der Waals surface area contributed by atoms with Gasteiger partial charge in [-0.3, -0.25) is 4.98 Å². The van der Waals surface area contributed by atoms with Crippen LogP contribution in [-0.2, 0) is 19.5 Å². The maximum absolute atomic E-state index is 4.71. The summed E-state index contributed by atoms with van der Waals surface area (Å²) in [4.78, 5) is 14.9. The van der Waals surface area contributed by atoms with Crippen LogP contribution in [0.2, 0.25) is 0 Å². The molecule has 0 saturated carbocycles. The van der Waals surface area contributed by atoms with Crippen LogP contribution >= 0.6 is 35.3 Å². The summed E-state index contributed by atoms with van der Waals surface area (Å²) in [5.41, 5.74) is 2.13. The molecule has 0 aliphatic heterocycles. The van der Waals surface area contributed by atoms with Crippen LogP contribution in [0.15, 0.2) is 47.7 Å². The van der Waals surface area contributed by atoms with Crippen molar-refractivity contribution in [3.8, 4) is 0 Å².